The molecule has 6 heteroatoms. The molecule has 2 amide bonds. The molecule has 1 aliphatic heterocycles. The van der Waals surface area contributed by atoms with Crippen molar-refractivity contribution >= 4 is 46.4 Å². The Balaban J connectivity index is 1.74. The van der Waals surface area contributed by atoms with Gasteiger partial charge in [-0.2, -0.15) is 0 Å². The van der Waals surface area contributed by atoms with Crippen molar-refractivity contribution in [2.75, 3.05) is 16.8 Å². The van der Waals surface area contributed by atoms with Gasteiger partial charge in [0, 0.05) is 23.7 Å². The van der Waals surface area contributed by atoms with E-state index in [9.17, 15) is 9.59 Å². The molecular formula is C19H18Cl2N2O2. The van der Waals surface area contributed by atoms with Crippen molar-refractivity contribution in [3.8, 4) is 0 Å². The van der Waals surface area contributed by atoms with E-state index >= 15 is 0 Å². The molecule has 0 saturated carbocycles. The summed E-state index contributed by atoms with van der Waals surface area (Å²) in [5, 5.41) is 3.67. The number of nitrogens with zero attached hydrogens (tertiary/aromatic N) is 1. The molecule has 1 N–H and O–H groups in total. The van der Waals surface area contributed by atoms with Crippen molar-refractivity contribution in [2.45, 2.75) is 19.8 Å². The predicted octanol–water partition coefficient (Wildman–Crippen LogP) is 4.55. The number of rotatable bonds is 4. The van der Waals surface area contributed by atoms with Gasteiger partial charge < -0.3 is 10.2 Å². The first-order chi connectivity index (χ1) is 12.0. The molecular weight excluding hydrogens is 359 g/mol. The summed E-state index contributed by atoms with van der Waals surface area (Å²) in [5.74, 6) is -0.665. The second-order valence-electron chi connectivity index (χ2n) is 6.00. The number of carbonyl (C=O) groups excluding carboxylic acids is 2. The maximum Gasteiger partial charge on any atom is 0.229 e. The lowest BCUT2D eigenvalue weighted by Gasteiger charge is -2.20. The number of anilines is 2. The number of carbonyl (C=O) groups is 2. The van der Waals surface area contributed by atoms with Crippen LogP contribution in [0.25, 0.3) is 0 Å². The summed E-state index contributed by atoms with van der Waals surface area (Å²) >= 11 is 12.0. The van der Waals surface area contributed by atoms with E-state index < -0.39 is 5.92 Å². The van der Waals surface area contributed by atoms with E-state index in [2.05, 4.69) is 5.32 Å². The highest BCUT2D eigenvalue weighted by atomic mass is 35.5. The summed E-state index contributed by atoms with van der Waals surface area (Å²) in [5.41, 5.74) is 2.48. The van der Waals surface area contributed by atoms with Gasteiger partial charge in [0.2, 0.25) is 11.8 Å². The van der Waals surface area contributed by atoms with Gasteiger partial charge in [-0.15, -0.1) is 0 Å². The first kappa shape index (κ1) is 17.8. The average molecular weight is 377 g/mol. The number of hydrogen-bond donors (Lipinski definition) is 1. The Bertz CT molecular complexity index is 823. The van der Waals surface area contributed by atoms with E-state index in [4.69, 9.17) is 23.2 Å². The Morgan fingerprint density at radius 1 is 1.24 bits per heavy atom. The Labute approximate surface area is 156 Å². The van der Waals surface area contributed by atoms with Crippen LogP contribution >= 0.6 is 23.2 Å². The van der Waals surface area contributed by atoms with Gasteiger partial charge >= 0.3 is 0 Å². The predicted molar refractivity (Wildman–Crippen MR) is 101 cm³/mol. The van der Waals surface area contributed by atoms with Crippen molar-refractivity contribution in [2.24, 2.45) is 5.92 Å². The number of benzene rings is 2. The smallest absolute Gasteiger partial charge is 0.229 e. The molecule has 1 heterocycles. The number of amides is 2. The third kappa shape index (κ3) is 3.80. The van der Waals surface area contributed by atoms with E-state index in [1.807, 2.05) is 31.2 Å². The van der Waals surface area contributed by atoms with Crippen LogP contribution in [0.1, 0.15) is 18.9 Å². The molecule has 2 aromatic carbocycles. The van der Waals surface area contributed by atoms with Crippen molar-refractivity contribution in [3.05, 3.63) is 58.1 Å². The van der Waals surface area contributed by atoms with Gasteiger partial charge in [0.15, 0.2) is 0 Å². The quantitative estimate of drug-likeness (QED) is 0.850. The molecule has 0 unspecified atom stereocenters. The molecule has 0 bridgehead atoms. The molecule has 130 valence electrons. The van der Waals surface area contributed by atoms with Crippen LogP contribution in [-0.2, 0) is 16.0 Å². The maximum atomic E-state index is 12.5. The van der Waals surface area contributed by atoms with Crippen LogP contribution in [-0.4, -0.2) is 18.4 Å². The van der Waals surface area contributed by atoms with Gasteiger partial charge in [-0.3, -0.25) is 9.59 Å². The fraction of sp³-hybridized carbons (Fsp3) is 0.263. The summed E-state index contributed by atoms with van der Waals surface area (Å²) < 4.78 is 0. The van der Waals surface area contributed by atoms with Crippen LogP contribution in [0.4, 0.5) is 11.4 Å². The Morgan fingerprint density at radius 2 is 2.00 bits per heavy atom. The molecule has 2 aromatic rings. The minimum Gasteiger partial charge on any atom is -0.324 e. The molecule has 1 atom stereocenters. The lowest BCUT2D eigenvalue weighted by Crippen LogP contribution is -2.28. The first-order valence-corrected chi connectivity index (χ1v) is 8.89. The molecule has 1 saturated heterocycles. The number of nitrogens with one attached hydrogen (secondary N) is 1. The van der Waals surface area contributed by atoms with E-state index in [1.54, 1.807) is 23.1 Å². The summed E-state index contributed by atoms with van der Waals surface area (Å²) in [6.45, 7) is 2.42. The zero-order chi connectivity index (χ0) is 18.0. The minimum atomic E-state index is -0.413. The second kappa shape index (κ2) is 7.46. The Morgan fingerprint density at radius 3 is 2.72 bits per heavy atom. The molecule has 1 aliphatic rings. The molecule has 1 fully saturated rings. The minimum absolute atomic E-state index is 0.0387. The van der Waals surface area contributed by atoms with Gasteiger partial charge in [-0.05, 0) is 36.2 Å². The second-order valence-corrected chi connectivity index (χ2v) is 6.84. The highest BCUT2D eigenvalue weighted by Crippen LogP contribution is 2.30. The summed E-state index contributed by atoms with van der Waals surface area (Å²) in [6, 6.07) is 12.7. The van der Waals surface area contributed by atoms with Gasteiger partial charge in [-0.1, -0.05) is 48.3 Å². The number of hydrogen-bond acceptors (Lipinski definition) is 2. The van der Waals surface area contributed by atoms with Gasteiger partial charge in [0.25, 0.3) is 0 Å². The molecule has 4 nitrogen and oxygen atoms in total. The fourth-order valence-corrected chi connectivity index (χ4v) is 3.47. The zero-order valence-corrected chi connectivity index (χ0v) is 15.3. The van der Waals surface area contributed by atoms with Crippen LogP contribution < -0.4 is 10.2 Å². The van der Waals surface area contributed by atoms with Gasteiger partial charge in [-0.25, -0.2) is 0 Å². The summed E-state index contributed by atoms with van der Waals surface area (Å²) in [7, 11) is 0. The summed E-state index contributed by atoms with van der Waals surface area (Å²) in [6.07, 6.45) is 1.02. The maximum absolute atomic E-state index is 12.5. The molecule has 3 rings (SSSR count). The molecule has 0 radical (unpaired) electrons. The molecule has 0 aliphatic carbocycles. The van der Waals surface area contributed by atoms with Crippen LogP contribution in [0, 0.1) is 5.92 Å². The van der Waals surface area contributed by atoms with E-state index in [-0.39, 0.29) is 18.2 Å². The van der Waals surface area contributed by atoms with Crippen LogP contribution in [0.3, 0.4) is 0 Å². The van der Waals surface area contributed by atoms with Gasteiger partial charge in [0.1, 0.15) is 0 Å². The largest absolute Gasteiger partial charge is 0.324 e. The third-order valence-electron chi connectivity index (χ3n) is 4.35. The van der Waals surface area contributed by atoms with E-state index in [1.165, 1.54) is 0 Å². The fourth-order valence-electron chi connectivity index (χ4n) is 3.01. The van der Waals surface area contributed by atoms with Crippen molar-refractivity contribution in [1.82, 2.24) is 0 Å². The van der Waals surface area contributed by atoms with E-state index in [0.717, 1.165) is 17.7 Å². The number of aryl methyl sites for hydroxylation is 1. The lowest BCUT2D eigenvalue weighted by molar-refractivity contribution is -0.122. The highest BCUT2D eigenvalue weighted by molar-refractivity contribution is 6.36. The Hall–Kier alpha value is -2.04. The SMILES string of the molecule is CCc1ccccc1N1C[C@@H](C(=O)Nc2ccc(Cl)cc2Cl)CC1=O. The van der Waals surface area contributed by atoms with E-state index in [0.29, 0.717) is 22.3 Å². The Kier molecular flexibility index (Phi) is 5.30. The standard InChI is InChI=1S/C19H18Cl2N2O2/c1-2-12-5-3-4-6-17(12)23-11-13(9-18(23)24)19(25)22-16-8-7-14(20)10-15(16)21/h3-8,10,13H,2,9,11H2,1H3,(H,22,25)/t13-/m0/s1. The zero-order valence-electron chi connectivity index (χ0n) is 13.8. The van der Waals surface area contributed by atoms with Crippen molar-refractivity contribution in [1.29, 1.82) is 0 Å². The topological polar surface area (TPSA) is 49.4 Å². The lowest BCUT2D eigenvalue weighted by atomic mass is 10.1. The normalized spacial score (nSPS) is 17.0. The van der Waals surface area contributed by atoms with Gasteiger partial charge in [0.05, 0.1) is 16.6 Å². The molecule has 0 aromatic heterocycles. The monoisotopic (exact) mass is 376 g/mol. The number of halogens is 2. The van der Waals surface area contributed by atoms with Crippen LogP contribution in [0.2, 0.25) is 10.0 Å². The third-order valence-corrected chi connectivity index (χ3v) is 4.90. The van der Waals surface area contributed by atoms with Crippen LogP contribution in [0.5, 0.6) is 0 Å². The molecule has 0 spiro atoms. The number of para-hydroxylation sites is 1. The average Bonchev–Trinajstić information content (AvgIpc) is 2.99. The highest BCUT2D eigenvalue weighted by Gasteiger charge is 2.35. The van der Waals surface area contributed by atoms with Crippen LogP contribution in [0.15, 0.2) is 42.5 Å². The summed E-state index contributed by atoms with van der Waals surface area (Å²) in [4.78, 5) is 26.7. The van der Waals surface area contributed by atoms with Crippen molar-refractivity contribution < 1.29 is 9.59 Å². The first-order valence-electron chi connectivity index (χ1n) is 8.13. The molecule has 25 heavy (non-hydrogen) atoms. The van der Waals surface area contributed by atoms with Crippen molar-refractivity contribution in [3.63, 3.8) is 0 Å².